The molecule has 1 heterocycles. The number of nitrogens with one attached hydrogen (secondary N) is 1. The van der Waals surface area contributed by atoms with E-state index in [1.807, 2.05) is 30.3 Å². The van der Waals surface area contributed by atoms with Gasteiger partial charge in [0.1, 0.15) is 11.1 Å². The predicted molar refractivity (Wildman–Crippen MR) is 88.4 cm³/mol. The molecule has 0 amide bonds. The molecule has 0 aliphatic carbocycles. The first-order valence-electron chi connectivity index (χ1n) is 7.08. The average Bonchev–Trinajstić information content (AvgIpc) is 2.59. The zero-order valence-corrected chi connectivity index (χ0v) is 13.7. The first-order chi connectivity index (χ1) is 11.1. The molecule has 0 aromatic heterocycles. The number of ketones is 1. The van der Waals surface area contributed by atoms with E-state index in [1.54, 1.807) is 31.3 Å². The fraction of sp³-hybridized carbons (Fsp3) is 0.118. The molecule has 0 fully saturated rings. The van der Waals surface area contributed by atoms with Crippen molar-refractivity contribution in [1.82, 2.24) is 5.32 Å². The van der Waals surface area contributed by atoms with Gasteiger partial charge in [-0.15, -0.1) is 0 Å². The molecule has 1 atom stereocenters. The smallest absolute Gasteiger partial charge is 0.416 e. The summed E-state index contributed by atoms with van der Waals surface area (Å²) in [5.74, 6) is -0.0832. The Morgan fingerprint density at radius 2 is 1.74 bits per heavy atom. The monoisotopic (exact) mass is 329 g/mol. The predicted octanol–water partition coefficient (Wildman–Crippen LogP) is 3.69. The molecule has 1 unspecified atom stereocenters. The van der Waals surface area contributed by atoms with Crippen molar-refractivity contribution in [2.24, 2.45) is 0 Å². The minimum atomic E-state index is -3.76. The molecule has 118 valence electrons. The Morgan fingerprint density at radius 1 is 1.09 bits per heavy atom. The molecule has 6 heteroatoms. The van der Waals surface area contributed by atoms with E-state index in [0.717, 1.165) is 5.56 Å². The molecule has 1 N–H and O–H groups in total. The van der Waals surface area contributed by atoms with Crippen LogP contribution in [0, 0.1) is 0 Å². The molecule has 1 aliphatic heterocycles. The molecular formula is C17H16NO4P. The molecule has 0 saturated heterocycles. The molecule has 0 spiro atoms. The summed E-state index contributed by atoms with van der Waals surface area (Å²) in [5.41, 5.74) is 1.54. The molecule has 2 aromatic rings. The summed E-state index contributed by atoms with van der Waals surface area (Å²) in [4.78, 5) is 12.9. The highest BCUT2D eigenvalue weighted by molar-refractivity contribution is 7.61. The molecule has 3 rings (SSSR count). The molecule has 2 aromatic carbocycles. The van der Waals surface area contributed by atoms with Crippen LogP contribution in [-0.2, 0) is 9.09 Å². The van der Waals surface area contributed by atoms with Gasteiger partial charge in [-0.3, -0.25) is 9.32 Å². The van der Waals surface area contributed by atoms with Crippen molar-refractivity contribution >= 4 is 19.1 Å². The maximum Gasteiger partial charge on any atom is 0.416 e. The van der Waals surface area contributed by atoms with E-state index < -0.39 is 7.60 Å². The van der Waals surface area contributed by atoms with Crippen LogP contribution in [0.15, 0.2) is 59.9 Å². The van der Waals surface area contributed by atoms with Crippen molar-refractivity contribution in [3.05, 3.63) is 71.0 Å². The number of allylic oxidation sites excluding steroid dienone is 1. The number of hydrogen-bond donors (Lipinski definition) is 1. The van der Waals surface area contributed by atoms with Crippen molar-refractivity contribution in [3.63, 3.8) is 0 Å². The van der Waals surface area contributed by atoms with Gasteiger partial charge in [0.2, 0.25) is 5.78 Å². The van der Waals surface area contributed by atoms with Gasteiger partial charge in [-0.1, -0.05) is 42.5 Å². The SMILES string of the molecule is CN/C(=C1/C(=O)c2ccccc2OP1(=O)OC)c1ccccc1. The number of hydrogen-bond acceptors (Lipinski definition) is 5. The highest BCUT2D eigenvalue weighted by atomic mass is 31.2. The lowest BCUT2D eigenvalue weighted by atomic mass is 10.1. The van der Waals surface area contributed by atoms with Crippen LogP contribution in [0.25, 0.3) is 5.70 Å². The van der Waals surface area contributed by atoms with Gasteiger partial charge in [0.25, 0.3) is 0 Å². The molecule has 5 nitrogen and oxygen atoms in total. The standard InChI is InChI=1S/C17H16NO4P/c1-18-15(12-8-4-3-5-9-12)17-16(19)13-10-6-7-11-14(13)22-23(17,20)21-2/h3-11,18H,1-2H3/b17-15-. The van der Waals surface area contributed by atoms with Crippen LogP contribution in [0.4, 0.5) is 0 Å². The third-order valence-electron chi connectivity index (χ3n) is 3.63. The number of carbonyl (C=O) groups excluding carboxylic acids is 1. The topological polar surface area (TPSA) is 64.6 Å². The summed E-state index contributed by atoms with van der Waals surface area (Å²) >= 11 is 0. The van der Waals surface area contributed by atoms with Gasteiger partial charge in [0.15, 0.2) is 0 Å². The van der Waals surface area contributed by atoms with E-state index in [9.17, 15) is 9.36 Å². The number of fused-ring (bicyclic) bond motifs is 1. The van der Waals surface area contributed by atoms with E-state index in [2.05, 4.69) is 5.32 Å². The van der Waals surface area contributed by atoms with E-state index in [0.29, 0.717) is 11.3 Å². The highest BCUT2D eigenvalue weighted by Crippen LogP contribution is 2.61. The van der Waals surface area contributed by atoms with Gasteiger partial charge in [0.05, 0.1) is 11.3 Å². The van der Waals surface area contributed by atoms with Crippen LogP contribution >= 0.6 is 7.60 Å². The Bertz CT molecular complexity index is 829. The first kappa shape index (κ1) is 15.5. The number of benzene rings is 2. The maximum absolute atomic E-state index is 13.1. The second kappa shape index (κ2) is 6.03. The zero-order chi connectivity index (χ0) is 16.4. The Morgan fingerprint density at radius 3 is 2.39 bits per heavy atom. The van der Waals surface area contributed by atoms with Crippen molar-refractivity contribution in [2.45, 2.75) is 0 Å². The highest BCUT2D eigenvalue weighted by Gasteiger charge is 2.44. The summed E-state index contributed by atoms with van der Waals surface area (Å²) in [6, 6.07) is 15.9. The van der Waals surface area contributed by atoms with Gasteiger partial charge >= 0.3 is 7.60 Å². The second-order valence-electron chi connectivity index (χ2n) is 4.94. The fourth-order valence-corrected chi connectivity index (χ4v) is 4.19. The average molecular weight is 329 g/mol. The molecule has 1 aliphatic rings. The summed E-state index contributed by atoms with van der Waals surface area (Å²) in [6.45, 7) is 0. The minimum Gasteiger partial charge on any atom is -0.420 e. The Labute approximate surface area is 134 Å². The number of rotatable bonds is 3. The van der Waals surface area contributed by atoms with Crippen molar-refractivity contribution in [1.29, 1.82) is 0 Å². The van der Waals surface area contributed by atoms with Crippen LogP contribution in [0.3, 0.4) is 0 Å². The van der Waals surface area contributed by atoms with Crippen LogP contribution < -0.4 is 9.84 Å². The zero-order valence-electron chi connectivity index (χ0n) is 12.8. The summed E-state index contributed by atoms with van der Waals surface area (Å²) in [5, 5.41) is 2.99. The lowest BCUT2D eigenvalue weighted by Gasteiger charge is -2.27. The third kappa shape index (κ3) is 2.58. The van der Waals surface area contributed by atoms with E-state index in [4.69, 9.17) is 9.05 Å². The van der Waals surface area contributed by atoms with Gasteiger partial charge < -0.3 is 9.84 Å². The molecule has 23 heavy (non-hydrogen) atoms. The second-order valence-corrected chi connectivity index (χ2v) is 6.93. The Hall–Kier alpha value is -2.36. The Balaban J connectivity index is 2.29. The summed E-state index contributed by atoms with van der Waals surface area (Å²) in [7, 11) is -0.816. The summed E-state index contributed by atoms with van der Waals surface area (Å²) in [6.07, 6.45) is 0. The fourth-order valence-electron chi connectivity index (χ4n) is 2.54. The number of para-hydroxylation sites is 1. The number of carbonyl (C=O) groups is 1. The van der Waals surface area contributed by atoms with Gasteiger partial charge in [0, 0.05) is 14.2 Å². The van der Waals surface area contributed by atoms with Crippen molar-refractivity contribution in [2.75, 3.05) is 14.2 Å². The Kier molecular flexibility index (Phi) is 4.07. The van der Waals surface area contributed by atoms with Crippen LogP contribution in [0.5, 0.6) is 5.75 Å². The number of Topliss-reactive ketones (excluding diaryl/α,β-unsaturated/α-hetero) is 1. The van der Waals surface area contributed by atoms with Crippen LogP contribution in [-0.4, -0.2) is 19.9 Å². The van der Waals surface area contributed by atoms with Crippen LogP contribution in [0.2, 0.25) is 0 Å². The van der Waals surface area contributed by atoms with Gasteiger partial charge in [-0.05, 0) is 17.7 Å². The van der Waals surface area contributed by atoms with Crippen molar-refractivity contribution < 1.29 is 18.4 Å². The first-order valence-corrected chi connectivity index (χ1v) is 8.62. The van der Waals surface area contributed by atoms with Gasteiger partial charge in [-0.25, -0.2) is 4.57 Å². The van der Waals surface area contributed by atoms with E-state index in [-0.39, 0.29) is 16.8 Å². The molecule has 0 saturated carbocycles. The largest absolute Gasteiger partial charge is 0.420 e. The maximum atomic E-state index is 13.1. The summed E-state index contributed by atoms with van der Waals surface area (Å²) < 4.78 is 23.8. The lowest BCUT2D eigenvalue weighted by Crippen LogP contribution is -2.21. The lowest BCUT2D eigenvalue weighted by molar-refractivity contribution is 0.103. The quantitative estimate of drug-likeness (QED) is 0.687. The normalized spacial score (nSPS) is 22.1. The van der Waals surface area contributed by atoms with Gasteiger partial charge in [-0.2, -0.15) is 0 Å². The molecular weight excluding hydrogens is 313 g/mol. The van der Waals surface area contributed by atoms with E-state index in [1.165, 1.54) is 7.11 Å². The molecule has 0 bridgehead atoms. The molecule has 0 radical (unpaired) electrons. The minimum absolute atomic E-state index is 0.0207. The van der Waals surface area contributed by atoms with E-state index >= 15 is 0 Å². The third-order valence-corrected chi connectivity index (χ3v) is 5.52. The van der Waals surface area contributed by atoms with Crippen LogP contribution in [0.1, 0.15) is 15.9 Å². The van der Waals surface area contributed by atoms with Crippen molar-refractivity contribution in [3.8, 4) is 5.75 Å².